The van der Waals surface area contributed by atoms with Gasteiger partial charge in [-0.3, -0.25) is 0 Å². The Morgan fingerprint density at radius 3 is 2.40 bits per heavy atom. The van der Waals surface area contributed by atoms with Crippen LogP contribution in [0.5, 0.6) is 11.5 Å². The van der Waals surface area contributed by atoms with Gasteiger partial charge in [0.15, 0.2) is 0 Å². The average Bonchev–Trinajstić information content (AvgIpc) is 2.17. The predicted molar refractivity (Wildman–Crippen MR) is 55.5 cm³/mol. The highest BCUT2D eigenvalue weighted by atomic mass is 32.2. The number of phenols is 1. The second-order valence-corrected chi connectivity index (χ2v) is 5.24. The molecule has 0 bridgehead atoms. The van der Waals surface area contributed by atoms with E-state index in [4.69, 9.17) is 4.74 Å². The van der Waals surface area contributed by atoms with E-state index in [0.29, 0.717) is 0 Å². The van der Waals surface area contributed by atoms with Crippen molar-refractivity contribution in [1.82, 2.24) is 4.31 Å². The Hall–Kier alpha value is -1.27. The zero-order valence-corrected chi connectivity index (χ0v) is 9.58. The van der Waals surface area contributed by atoms with Gasteiger partial charge in [0, 0.05) is 20.2 Å². The summed E-state index contributed by atoms with van der Waals surface area (Å²) in [6.07, 6.45) is 0. The lowest BCUT2D eigenvalue weighted by molar-refractivity contribution is 0.396. The van der Waals surface area contributed by atoms with Crippen molar-refractivity contribution < 1.29 is 18.3 Å². The minimum Gasteiger partial charge on any atom is -0.508 e. The van der Waals surface area contributed by atoms with Gasteiger partial charge in [-0.2, -0.15) is 0 Å². The molecule has 1 aromatic rings. The largest absolute Gasteiger partial charge is 0.508 e. The quantitative estimate of drug-likeness (QED) is 0.829. The van der Waals surface area contributed by atoms with Crippen LogP contribution < -0.4 is 4.74 Å². The number of hydrogen-bond acceptors (Lipinski definition) is 4. The Morgan fingerprint density at radius 2 is 1.93 bits per heavy atom. The summed E-state index contributed by atoms with van der Waals surface area (Å²) in [6, 6.07) is 3.94. The molecule has 84 valence electrons. The van der Waals surface area contributed by atoms with E-state index in [-0.39, 0.29) is 16.4 Å². The Kier molecular flexibility index (Phi) is 3.21. The van der Waals surface area contributed by atoms with Crippen LogP contribution in [0, 0.1) is 0 Å². The van der Waals surface area contributed by atoms with E-state index >= 15 is 0 Å². The second-order valence-electron chi connectivity index (χ2n) is 3.12. The molecule has 1 N–H and O–H groups in total. The number of hydrogen-bond donors (Lipinski definition) is 1. The van der Waals surface area contributed by atoms with Crippen LogP contribution >= 0.6 is 0 Å². The van der Waals surface area contributed by atoms with E-state index in [1.54, 1.807) is 0 Å². The molecule has 6 heteroatoms. The zero-order valence-electron chi connectivity index (χ0n) is 8.76. The minimum atomic E-state index is -3.59. The molecule has 5 nitrogen and oxygen atoms in total. The molecule has 0 fully saturated rings. The van der Waals surface area contributed by atoms with Crippen molar-refractivity contribution in [2.45, 2.75) is 4.90 Å². The molecule has 0 amide bonds. The smallest absolute Gasteiger partial charge is 0.246 e. The summed E-state index contributed by atoms with van der Waals surface area (Å²) in [4.78, 5) is -0.0463. The first kappa shape index (κ1) is 11.8. The highest BCUT2D eigenvalue weighted by molar-refractivity contribution is 7.89. The molecule has 1 aromatic carbocycles. The van der Waals surface area contributed by atoms with E-state index in [9.17, 15) is 13.5 Å². The van der Waals surface area contributed by atoms with Crippen LogP contribution in [0.3, 0.4) is 0 Å². The number of nitrogens with zero attached hydrogens (tertiary/aromatic N) is 1. The van der Waals surface area contributed by atoms with Gasteiger partial charge < -0.3 is 9.84 Å². The minimum absolute atomic E-state index is 0.0463. The van der Waals surface area contributed by atoms with Gasteiger partial charge in [-0.25, -0.2) is 12.7 Å². The van der Waals surface area contributed by atoms with Gasteiger partial charge >= 0.3 is 0 Å². The number of sulfonamides is 1. The lowest BCUT2D eigenvalue weighted by atomic mass is 10.3. The molecule has 0 saturated heterocycles. The van der Waals surface area contributed by atoms with E-state index in [2.05, 4.69) is 0 Å². The maximum atomic E-state index is 11.8. The van der Waals surface area contributed by atoms with E-state index in [1.165, 1.54) is 33.3 Å². The number of rotatable bonds is 3. The molecule has 1 rings (SSSR count). The zero-order chi connectivity index (χ0) is 11.6. The van der Waals surface area contributed by atoms with E-state index in [1.807, 2.05) is 0 Å². The van der Waals surface area contributed by atoms with Crippen LogP contribution in [0.25, 0.3) is 0 Å². The summed E-state index contributed by atoms with van der Waals surface area (Å²) >= 11 is 0. The Labute approximate surface area is 89.0 Å². The molecule has 0 saturated carbocycles. The van der Waals surface area contributed by atoms with Crippen molar-refractivity contribution in [1.29, 1.82) is 0 Å². The highest BCUT2D eigenvalue weighted by Crippen LogP contribution is 2.28. The van der Waals surface area contributed by atoms with Crippen molar-refractivity contribution in [2.75, 3.05) is 21.2 Å². The van der Waals surface area contributed by atoms with Gasteiger partial charge in [0.2, 0.25) is 10.0 Å². The van der Waals surface area contributed by atoms with E-state index in [0.717, 1.165) is 10.4 Å². The predicted octanol–water partition coefficient (Wildman–Crippen LogP) is 0.651. The summed E-state index contributed by atoms with van der Waals surface area (Å²) in [5.41, 5.74) is 0. The first-order chi connectivity index (χ1) is 6.89. The molecule has 15 heavy (non-hydrogen) atoms. The number of aromatic hydroxyl groups is 1. The SMILES string of the molecule is COc1ccc(O)cc1S(=O)(=O)N(C)C. The summed E-state index contributed by atoms with van der Waals surface area (Å²) < 4.78 is 29.6. The molecule has 0 heterocycles. The Bertz CT molecular complexity index is 453. The Balaban J connectivity index is 3.42. The molecular formula is C9H13NO4S. The lowest BCUT2D eigenvalue weighted by Gasteiger charge is -2.14. The lowest BCUT2D eigenvalue weighted by Crippen LogP contribution is -2.22. The van der Waals surface area contributed by atoms with Crippen LogP contribution in [-0.4, -0.2) is 39.0 Å². The van der Waals surface area contributed by atoms with Crippen molar-refractivity contribution in [3.05, 3.63) is 18.2 Å². The average molecular weight is 231 g/mol. The fraction of sp³-hybridized carbons (Fsp3) is 0.333. The molecule has 0 spiro atoms. The third-order valence-electron chi connectivity index (χ3n) is 1.91. The van der Waals surface area contributed by atoms with Crippen LogP contribution in [0.4, 0.5) is 0 Å². The van der Waals surface area contributed by atoms with Crippen LogP contribution in [-0.2, 0) is 10.0 Å². The fourth-order valence-electron chi connectivity index (χ4n) is 1.06. The molecule has 0 unspecified atom stereocenters. The topological polar surface area (TPSA) is 66.8 Å². The van der Waals surface area contributed by atoms with Crippen LogP contribution in [0.1, 0.15) is 0 Å². The number of methoxy groups -OCH3 is 1. The normalized spacial score (nSPS) is 11.7. The van der Waals surface area contributed by atoms with Crippen LogP contribution in [0.15, 0.2) is 23.1 Å². The second kappa shape index (κ2) is 4.08. The van der Waals surface area contributed by atoms with E-state index < -0.39 is 10.0 Å². The van der Waals surface area contributed by atoms with Crippen molar-refractivity contribution in [3.8, 4) is 11.5 Å². The van der Waals surface area contributed by atoms with Gasteiger partial charge in [0.1, 0.15) is 16.4 Å². The molecule has 0 aliphatic heterocycles. The van der Waals surface area contributed by atoms with Gasteiger partial charge in [-0.1, -0.05) is 0 Å². The first-order valence-corrected chi connectivity index (χ1v) is 5.63. The summed E-state index contributed by atoms with van der Waals surface area (Å²) in [6.45, 7) is 0. The summed E-state index contributed by atoms with van der Waals surface area (Å²) in [7, 11) is 0.613. The standard InChI is InChI=1S/C9H13NO4S/c1-10(2)15(12,13)9-6-7(11)4-5-8(9)14-3/h4-6,11H,1-3H3. The third-order valence-corrected chi connectivity index (χ3v) is 3.74. The van der Waals surface area contributed by atoms with Gasteiger partial charge in [0.25, 0.3) is 0 Å². The first-order valence-electron chi connectivity index (χ1n) is 4.19. The molecule has 0 aliphatic carbocycles. The van der Waals surface area contributed by atoms with Gasteiger partial charge in [0.05, 0.1) is 7.11 Å². The maximum Gasteiger partial charge on any atom is 0.246 e. The van der Waals surface area contributed by atoms with Crippen molar-refractivity contribution in [3.63, 3.8) is 0 Å². The monoisotopic (exact) mass is 231 g/mol. The van der Waals surface area contributed by atoms with Crippen LogP contribution in [0.2, 0.25) is 0 Å². The maximum absolute atomic E-state index is 11.8. The molecule has 0 aromatic heterocycles. The summed E-state index contributed by atoms with van der Waals surface area (Å²) in [5.74, 6) is 0.0951. The molecular weight excluding hydrogens is 218 g/mol. The van der Waals surface area contributed by atoms with Gasteiger partial charge in [-0.05, 0) is 12.1 Å². The Morgan fingerprint density at radius 1 is 1.33 bits per heavy atom. The van der Waals surface area contributed by atoms with Gasteiger partial charge in [-0.15, -0.1) is 0 Å². The number of ether oxygens (including phenoxy) is 1. The molecule has 0 aliphatic rings. The highest BCUT2D eigenvalue weighted by Gasteiger charge is 2.22. The number of benzene rings is 1. The third kappa shape index (κ3) is 2.21. The molecule has 0 radical (unpaired) electrons. The van der Waals surface area contributed by atoms with Crippen molar-refractivity contribution >= 4 is 10.0 Å². The summed E-state index contributed by atoms with van der Waals surface area (Å²) in [5, 5.41) is 9.24. The number of phenolic OH excluding ortho intramolecular Hbond substituents is 1. The molecule has 0 atom stereocenters. The van der Waals surface area contributed by atoms with Crippen molar-refractivity contribution in [2.24, 2.45) is 0 Å². The fourth-order valence-corrected chi connectivity index (χ4v) is 2.13.